The number of hydrogen-bond acceptors (Lipinski definition) is 2. The molecule has 0 spiro atoms. The molecule has 0 bridgehead atoms. The monoisotopic (exact) mass is 295 g/mol. The molecule has 2 atom stereocenters. The molecule has 0 aliphatic carbocycles. The zero-order valence-corrected chi connectivity index (χ0v) is 11.8. The highest BCUT2D eigenvalue weighted by Crippen LogP contribution is 2.25. The van der Waals surface area contributed by atoms with Crippen molar-refractivity contribution >= 4 is 23.2 Å². The van der Waals surface area contributed by atoms with E-state index in [9.17, 15) is 5.11 Å². The molecule has 0 aliphatic rings. The lowest BCUT2D eigenvalue weighted by molar-refractivity contribution is 0.146. The summed E-state index contributed by atoms with van der Waals surface area (Å²) in [5.41, 5.74) is 7.77. The molecular weight excluding hydrogens is 281 g/mol. The molecule has 3 N–H and O–H groups in total. The molecule has 0 aliphatic heterocycles. The van der Waals surface area contributed by atoms with Crippen molar-refractivity contribution in [2.75, 3.05) is 0 Å². The SMILES string of the molecule is NC(Cc1ccccc1)C(O)c1cc(Cl)cc(Cl)c1. The van der Waals surface area contributed by atoms with E-state index in [4.69, 9.17) is 28.9 Å². The zero-order chi connectivity index (χ0) is 13.8. The van der Waals surface area contributed by atoms with Gasteiger partial charge in [0.05, 0.1) is 6.10 Å². The van der Waals surface area contributed by atoms with Crippen molar-refractivity contribution in [3.05, 3.63) is 69.7 Å². The van der Waals surface area contributed by atoms with Crippen LogP contribution in [0.2, 0.25) is 10.0 Å². The van der Waals surface area contributed by atoms with Crippen molar-refractivity contribution in [1.29, 1.82) is 0 Å². The highest BCUT2D eigenvalue weighted by atomic mass is 35.5. The predicted octanol–water partition coefficient (Wildman–Crippen LogP) is 3.60. The summed E-state index contributed by atoms with van der Waals surface area (Å²) in [4.78, 5) is 0. The number of hydrogen-bond donors (Lipinski definition) is 2. The fourth-order valence-electron chi connectivity index (χ4n) is 1.99. The van der Waals surface area contributed by atoms with E-state index in [1.165, 1.54) is 0 Å². The highest BCUT2D eigenvalue weighted by molar-refractivity contribution is 6.34. The Morgan fingerprint density at radius 2 is 1.58 bits per heavy atom. The Balaban J connectivity index is 2.12. The summed E-state index contributed by atoms with van der Waals surface area (Å²) in [6.45, 7) is 0. The number of nitrogens with two attached hydrogens (primary N) is 1. The molecular formula is C15H15Cl2NO. The Hall–Kier alpha value is -1.06. The molecule has 2 aromatic rings. The normalized spacial score (nSPS) is 14.1. The maximum absolute atomic E-state index is 10.3. The first-order valence-corrected chi connectivity index (χ1v) is 6.75. The van der Waals surface area contributed by atoms with Crippen molar-refractivity contribution < 1.29 is 5.11 Å². The van der Waals surface area contributed by atoms with Gasteiger partial charge >= 0.3 is 0 Å². The lowest BCUT2D eigenvalue weighted by atomic mass is 9.97. The van der Waals surface area contributed by atoms with E-state index >= 15 is 0 Å². The molecule has 0 radical (unpaired) electrons. The maximum atomic E-state index is 10.3. The Morgan fingerprint density at radius 3 is 2.16 bits per heavy atom. The first kappa shape index (κ1) is 14.4. The summed E-state index contributed by atoms with van der Waals surface area (Å²) >= 11 is 11.8. The molecule has 0 saturated heterocycles. The maximum Gasteiger partial charge on any atom is 0.0945 e. The van der Waals surface area contributed by atoms with Crippen LogP contribution in [-0.2, 0) is 6.42 Å². The van der Waals surface area contributed by atoms with Gasteiger partial charge in [0.25, 0.3) is 0 Å². The van der Waals surface area contributed by atoms with E-state index in [0.717, 1.165) is 5.56 Å². The van der Waals surface area contributed by atoms with Gasteiger partial charge in [-0.15, -0.1) is 0 Å². The van der Waals surface area contributed by atoms with Crippen LogP contribution in [-0.4, -0.2) is 11.1 Å². The minimum absolute atomic E-state index is 0.406. The second kappa shape index (κ2) is 6.40. The summed E-state index contributed by atoms with van der Waals surface area (Å²) in [6, 6.07) is 14.4. The third-order valence-electron chi connectivity index (χ3n) is 2.95. The third-order valence-corrected chi connectivity index (χ3v) is 3.38. The first-order chi connectivity index (χ1) is 9.06. The fraction of sp³-hybridized carbons (Fsp3) is 0.200. The van der Waals surface area contributed by atoms with Crippen LogP contribution in [0.25, 0.3) is 0 Å². The minimum atomic E-state index is -0.795. The molecule has 2 aromatic carbocycles. The second-order valence-corrected chi connectivity index (χ2v) is 5.37. The van der Waals surface area contributed by atoms with Gasteiger partial charge in [-0.2, -0.15) is 0 Å². The summed E-state index contributed by atoms with van der Waals surface area (Å²) in [6.07, 6.45) is -0.206. The van der Waals surface area contributed by atoms with Crippen LogP contribution < -0.4 is 5.73 Å². The van der Waals surface area contributed by atoms with Gasteiger partial charge in [-0.25, -0.2) is 0 Å². The van der Waals surface area contributed by atoms with Crippen LogP contribution in [0.15, 0.2) is 48.5 Å². The van der Waals surface area contributed by atoms with Gasteiger partial charge in [-0.1, -0.05) is 53.5 Å². The van der Waals surface area contributed by atoms with Crippen molar-refractivity contribution in [3.63, 3.8) is 0 Å². The summed E-state index contributed by atoms with van der Waals surface area (Å²) in [5, 5.41) is 11.2. The third kappa shape index (κ3) is 3.95. The molecule has 0 heterocycles. The highest BCUT2D eigenvalue weighted by Gasteiger charge is 2.18. The fourth-order valence-corrected chi connectivity index (χ4v) is 2.53. The Labute approximate surface area is 122 Å². The number of aliphatic hydroxyl groups is 1. The molecule has 0 fully saturated rings. The van der Waals surface area contributed by atoms with E-state index in [0.29, 0.717) is 22.0 Å². The number of rotatable bonds is 4. The van der Waals surface area contributed by atoms with Crippen LogP contribution in [0.1, 0.15) is 17.2 Å². The van der Waals surface area contributed by atoms with E-state index in [1.54, 1.807) is 18.2 Å². The van der Waals surface area contributed by atoms with E-state index in [2.05, 4.69) is 0 Å². The second-order valence-electron chi connectivity index (χ2n) is 4.50. The minimum Gasteiger partial charge on any atom is -0.387 e. The molecule has 2 nitrogen and oxygen atoms in total. The van der Waals surface area contributed by atoms with Crippen LogP contribution in [0.3, 0.4) is 0 Å². The molecule has 0 aromatic heterocycles. The quantitative estimate of drug-likeness (QED) is 0.905. The summed E-state index contributed by atoms with van der Waals surface area (Å²) < 4.78 is 0. The lowest BCUT2D eigenvalue weighted by Gasteiger charge is -2.19. The number of benzene rings is 2. The van der Waals surface area contributed by atoms with Crippen molar-refractivity contribution in [2.45, 2.75) is 18.6 Å². The van der Waals surface area contributed by atoms with Gasteiger partial charge in [0.2, 0.25) is 0 Å². The lowest BCUT2D eigenvalue weighted by Crippen LogP contribution is -2.30. The summed E-state index contributed by atoms with van der Waals surface area (Å²) in [5.74, 6) is 0. The van der Waals surface area contributed by atoms with Crippen LogP contribution in [0, 0.1) is 0 Å². The number of aliphatic hydroxyl groups excluding tert-OH is 1. The van der Waals surface area contributed by atoms with E-state index < -0.39 is 12.1 Å². The van der Waals surface area contributed by atoms with Crippen molar-refractivity contribution in [1.82, 2.24) is 0 Å². The molecule has 19 heavy (non-hydrogen) atoms. The Bertz CT molecular complexity index is 525. The number of halogens is 2. The van der Waals surface area contributed by atoms with Crippen molar-refractivity contribution in [2.24, 2.45) is 5.73 Å². The average Bonchev–Trinajstić information content (AvgIpc) is 2.37. The van der Waals surface area contributed by atoms with Gasteiger partial charge in [-0.05, 0) is 35.7 Å². The smallest absolute Gasteiger partial charge is 0.0945 e. The van der Waals surface area contributed by atoms with Gasteiger partial charge in [0.1, 0.15) is 0 Å². The Kier molecular flexibility index (Phi) is 4.83. The molecule has 100 valence electrons. The van der Waals surface area contributed by atoms with Crippen LogP contribution in [0.4, 0.5) is 0 Å². The van der Waals surface area contributed by atoms with Gasteiger partial charge in [-0.3, -0.25) is 0 Å². The Morgan fingerprint density at radius 1 is 1.00 bits per heavy atom. The first-order valence-electron chi connectivity index (χ1n) is 6.00. The average molecular weight is 296 g/mol. The standard InChI is InChI=1S/C15H15Cl2NO/c16-12-7-11(8-13(17)9-12)15(19)14(18)6-10-4-2-1-3-5-10/h1-5,7-9,14-15,19H,6,18H2. The van der Waals surface area contributed by atoms with E-state index in [1.807, 2.05) is 30.3 Å². The van der Waals surface area contributed by atoms with Gasteiger partial charge in [0.15, 0.2) is 0 Å². The topological polar surface area (TPSA) is 46.2 Å². The van der Waals surface area contributed by atoms with Crippen LogP contribution in [0.5, 0.6) is 0 Å². The van der Waals surface area contributed by atoms with Crippen molar-refractivity contribution in [3.8, 4) is 0 Å². The molecule has 2 rings (SSSR count). The molecule has 0 saturated carbocycles. The molecule has 0 amide bonds. The van der Waals surface area contributed by atoms with Crippen LogP contribution >= 0.6 is 23.2 Å². The summed E-state index contributed by atoms with van der Waals surface area (Å²) in [7, 11) is 0. The largest absolute Gasteiger partial charge is 0.387 e. The van der Waals surface area contributed by atoms with Gasteiger partial charge in [0, 0.05) is 16.1 Å². The molecule has 2 unspecified atom stereocenters. The molecule has 4 heteroatoms. The predicted molar refractivity (Wildman–Crippen MR) is 79.5 cm³/mol. The van der Waals surface area contributed by atoms with Gasteiger partial charge < -0.3 is 10.8 Å². The van der Waals surface area contributed by atoms with E-state index in [-0.39, 0.29) is 0 Å². The zero-order valence-electron chi connectivity index (χ0n) is 10.3.